The summed E-state index contributed by atoms with van der Waals surface area (Å²) >= 11 is 0. The fourth-order valence-corrected chi connectivity index (χ4v) is 4.16. The third kappa shape index (κ3) is 5.80. The first-order valence-corrected chi connectivity index (χ1v) is 11.6. The lowest BCUT2D eigenvalue weighted by atomic mass is 10.1. The number of ether oxygens (including phenoxy) is 3. The van der Waals surface area contributed by atoms with Crippen molar-refractivity contribution in [3.05, 3.63) is 47.5 Å². The van der Waals surface area contributed by atoms with Crippen LogP contribution in [0.25, 0.3) is 0 Å². The molecule has 2 amide bonds. The van der Waals surface area contributed by atoms with Gasteiger partial charge in [-0.25, -0.2) is 0 Å². The van der Waals surface area contributed by atoms with Gasteiger partial charge in [0.25, 0.3) is 0 Å². The standard InChI is InChI=1S/C26H35N3O5/c1-6-28(7-2)16-19-10-8-18(9-11-19)15-27-26(31)20-12-24(30)29(17-20)21-13-22(32-3)25(34-5)23(14-21)33-4/h8-11,13-14,20H,6-7,12,15-17H2,1-5H3,(H,27,31). The van der Waals surface area contributed by atoms with Gasteiger partial charge in [-0.3, -0.25) is 14.5 Å². The van der Waals surface area contributed by atoms with Gasteiger partial charge < -0.3 is 24.4 Å². The van der Waals surface area contributed by atoms with Crippen LogP contribution in [-0.2, 0) is 22.7 Å². The Kier molecular flexibility index (Phi) is 8.76. The molecule has 3 rings (SSSR count). The van der Waals surface area contributed by atoms with Crippen molar-refractivity contribution < 1.29 is 23.8 Å². The summed E-state index contributed by atoms with van der Waals surface area (Å²) < 4.78 is 16.1. The average molecular weight is 470 g/mol. The Bertz CT molecular complexity index is 963. The highest BCUT2D eigenvalue weighted by molar-refractivity contribution is 6.00. The minimum absolute atomic E-state index is 0.116. The van der Waals surface area contributed by atoms with Crippen LogP contribution in [-0.4, -0.2) is 57.7 Å². The predicted molar refractivity (Wildman–Crippen MR) is 131 cm³/mol. The van der Waals surface area contributed by atoms with E-state index >= 15 is 0 Å². The molecule has 8 heteroatoms. The molecule has 1 N–H and O–H groups in total. The fourth-order valence-electron chi connectivity index (χ4n) is 4.16. The number of anilines is 1. The van der Waals surface area contributed by atoms with Crippen molar-refractivity contribution in [1.82, 2.24) is 10.2 Å². The van der Waals surface area contributed by atoms with Crippen molar-refractivity contribution in [3.8, 4) is 17.2 Å². The molecular formula is C26H35N3O5. The molecule has 2 aromatic carbocycles. The van der Waals surface area contributed by atoms with Gasteiger partial charge >= 0.3 is 0 Å². The number of methoxy groups -OCH3 is 3. The van der Waals surface area contributed by atoms with Gasteiger partial charge in [0, 0.05) is 38.2 Å². The Hall–Kier alpha value is -3.26. The molecule has 8 nitrogen and oxygen atoms in total. The van der Waals surface area contributed by atoms with Crippen molar-refractivity contribution >= 4 is 17.5 Å². The van der Waals surface area contributed by atoms with Crippen molar-refractivity contribution in [2.45, 2.75) is 33.4 Å². The van der Waals surface area contributed by atoms with Crippen LogP contribution in [0, 0.1) is 5.92 Å². The molecule has 1 atom stereocenters. The molecule has 2 aromatic rings. The third-order valence-electron chi connectivity index (χ3n) is 6.25. The molecular weight excluding hydrogens is 434 g/mol. The number of amides is 2. The van der Waals surface area contributed by atoms with Gasteiger partial charge in [0.1, 0.15) is 0 Å². The monoisotopic (exact) mass is 469 g/mol. The van der Waals surface area contributed by atoms with Crippen LogP contribution in [0.1, 0.15) is 31.4 Å². The van der Waals surface area contributed by atoms with E-state index in [2.05, 4.69) is 36.2 Å². The summed E-state index contributed by atoms with van der Waals surface area (Å²) in [5, 5.41) is 2.98. The van der Waals surface area contributed by atoms with E-state index in [9.17, 15) is 9.59 Å². The van der Waals surface area contributed by atoms with Crippen molar-refractivity contribution in [1.29, 1.82) is 0 Å². The molecule has 0 spiro atoms. The van der Waals surface area contributed by atoms with E-state index in [1.54, 1.807) is 17.0 Å². The first-order valence-electron chi connectivity index (χ1n) is 11.6. The molecule has 1 aliphatic heterocycles. The van der Waals surface area contributed by atoms with E-state index in [0.717, 1.165) is 25.2 Å². The average Bonchev–Trinajstić information content (AvgIpc) is 3.27. The van der Waals surface area contributed by atoms with E-state index in [1.807, 2.05) is 12.1 Å². The molecule has 1 unspecified atom stereocenters. The third-order valence-corrected chi connectivity index (χ3v) is 6.25. The molecule has 184 valence electrons. The van der Waals surface area contributed by atoms with Crippen LogP contribution in [0.3, 0.4) is 0 Å². The number of rotatable bonds is 11. The zero-order chi connectivity index (χ0) is 24.7. The Morgan fingerprint density at radius 3 is 2.12 bits per heavy atom. The van der Waals surface area contributed by atoms with Gasteiger partial charge in [-0.1, -0.05) is 38.1 Å². The zero-order valence-corrected chi connectivity index (χ0v) is 20.7. The second kappa shape index (κ2) is 11.7. The van der Waals surface area contributed by atoms with Crippen LogP contribution in [0.15, 0.2) is 36.4 Å². The van der Waals surface area contributed by atoms with Gasteiger partial charge in [0.2, 0.25) is 17.6 Å². The SMILES string of the molecule is CCN(CC)Cc1ccc(CNC(=O)C2CC(=O)N(c3cc(OC)c(OC)c(OC)c3)C2)cc1. The Balaban J connectivity index is 1.61. The highest BCUT2D eigenvalue weighted by Crippen LogP contribution is 2.42. The number of carbonyl (C=O) groups is 2. The molecule has 1 heterocycles. The second-order valence-corrected chi connectivity index (χ2v) is 8.28. The second-order valence-electron chi connectivity index (χ2n) is 8.28. The summed E-state index contributed by atoms with van der Waals surface area (Å²) in [4.78, 5) is 29.5. The minimum atomic E-state index is -0.423. The van der Waals surface area contributed by atoms with Crippen LogP contribution < -0.4 is 24.4 Å². The summed E-state index contributed by atoms with van der Waals surface area (Å²) in [7, 11) is 4.58. The lowest BCUT2D eigenvalue weighted by molar-refractivity contribution is -0.126. The minimum Gasteiger partial charge on any atom is -0.493 e. The maximum Gasteiger partial charge on any atom is 0.227 e. The summed E-state index contributed by atoms with van der Waals surface area (Å²) in [6.07, 6.45) is 0.158. The predicted octanol–water partition coefficient (Wildman–Crippen LogP) is 3.22. The van der Waals surface area contributed by atoms with Crippen LogP contribution in [0.5, 0.6) is 17.2 Å². The number of hydrogen-bond donors (Lipinski definition) is 1. The van der Waals surface area contributed by atoms with Crippen molar-refractivity contribution in [2.24, 2.45) is 5.92 Å². The van der Waals surface area contributed by atoms with E-state index in [0.29, 0.717) is 36.0 Å². The molecule has 1 aliphatic rings. The summed E-state index contributed by atoms with van der Waals surface area (Å²) in [5.74, 6) is 0.709. The van der Waals surface area contributed by atoms with Crippen LogP contribution in [0.4, 0.5) is 5.69 Å². The van der Waals surface area contributed by atoms with Gasteiger partial charge in [-0.15, -0.1) is 0 Å². The van der Waals surface area contributed by atoms with Crippen LogP contribution >= 0.6 is 0 Å². The highest BCUT2D eigenvalue weighted by atomic mass is 16.5. The quantitative estimate of drug-likeness (QED) is 0.544. The number of carbonyl (C=O) groups excluding carboxylic acids is 2. The van der Waals surface area contributed by atoms with Crippen molar-refractivity contribution in [3.63, 3.8) is 0 Å². The molecule has 0 aliphatic carbocycles. The van der Waals surface area contributed by atoms with E-state index in [1.165, 1.54) is 26.9 Å². The molecule has 1 fully saturated rings. The van der Waals surface area contributed by atoms with E-state index < -0.39 is 5.92 Å². The summed E-state index contributed by atoms with van der Waals surface area (Å²) in [6.45, 7) is 7.99. The Labute approximate surface area is 201 Å². The first-order chi connectivity index (χ1) is 16.4. The number of hydrogen-bond acceptors (Lipinski definition) is 6. The molecule has 1 saturated heterocycles. The maximum absolute atomic E-state index is 12.8. The topological polar surface area (TPSA) is 80.3 Å². The van der Waals surface area contributed by atoms with Gasteiger partial charge in [-0.05, 0) is 24.2 Å². The molecule has 34 heavy (non-hydrogen) atoms. The Morgan fingerprint density at radius 1 is 1.00 bits per heavy atom. The highest BCUT2D eigenvalue weighted by Gasteiger charge is 2.35. The molecule has 0 saturated carbocycles. The molecule has 0 aromatic heterocycles. The number of benzene rings is 2. The molecule has 0 bridgehead atoms. The smallest absolute Gasteiger partial charge is 0.227 e. The Morgan fingerprint density at radius 2 is 1.59 bits per heavy atom. The van der Waals surface area contributed by atoms with Gasteiger partial charge in [0.05, 0.1) is 32.9 Å². The number of nitrogens with one attached hydrogen (secondary N) is 1. The van der Waals surface area contributed by atoms with E-state index in [-0.39, 0.29) is 18.2 Å². The summed E-state index contributed by atoms with van der Waals surface area (Å²) in [6, 6.07) is 11.7. The summed E-state index contributed by atoms with van der Waals surface area (Å²) in [5.41, 5.74) is 2.89. The first kappa shape index (κ1) is 25.4. The van der Waals surface area contributed by atoms with E-state index in [4.69, 9.17) is 14.2 Å². The largest absolute Gasteiger partial charge is 0.493 e. The zero-order valence-electron chi connectivity index (χ0n) is 20.7. The lowest BCUT2D eigenvalue weighted by Gasteiger charge is -2.20. The van der Waals surface area contributed by atoms with Gasteiger partial charge in [-0.2, -0.15) is 0 Å². The maximum atomic E-state index is 12.8. The lowest BCUT2D eigenvalue weighted by Crippen LogP contribution is -2.32. The normalized spacial score (nSPS) is 15.5. The number of nitrogens with zero attached hydrogens (tertiary/aromatic N) is 2. The van der Waals surface area contributed by atoms with Crippen molar-refractivity contribution in [2.75, 3.05) is 45.9 Å². The van der Waals surface area contributed by atoms with Gasteiger partial charge in [0.15, 0.2) is 11.5 Å². The molecule has 0 radical (unpaired) electrons. The fraction of sp³-hybridized carbons (Fsp3) is 0.462. The van der Waals surface area contributed by atoms with Crippen LogP contribution in [0.2, 0.25) is 0 Å².